The number of anilines is 1. The molecule has 0 bridgehead atoms. The molecule has 2 aromatic heterocycles. The fourth-order valence-electron chi connectivity index (χ4n) is 3.00. The summed E-state index contributed by atoms with van der Waals surface area (Å²) in [6.07, 6.45) is 1.19. The number of carbonyl (C=O) groups excluding carboxylic acids is 3. The quantitative estimate of drug-likeness (QED) is 0.189. The number of hydrogen-bond acceptors (Lipinski definition) is 12. The van der Waals surface area contributed by atoms with Crippen molar-refractivity contribution in [1.82, 2.24) is 35.4 Å². The van der Waals surface area contributed by atoms with Gasteiger partial charge in [0, 0.05) is 18.6 Å². The number of aliphatic carboxylic acids is 1. The zero-order valence-corrected chi connectivity index (χ0v) is 18.2. The van der Waals surface area contributed by atoms with Gasteiger partial charge in [-0.3, -0.25) is 19.3 Å². The monoisotopic (exact) mass is 482 g/mol. The predicted octanol–water partition coefficient (Wildman–Crippen LogP) is -1.04. The van der Waals surface area contributed by atoms with Gasteiger partial charge in [-0.2, -0.15) is 0 Å². The minimum absolute atomic E-state index is 0.0543. The second-order valence-electron chi connectivity index (χ2n) is 6.38. The van der Waals surface area contributed by atoms with Gasteiger partial charge in [-0.1, -0.05) is 23.1 Å². The standard InChI is InChI=1S/C15H14N8O5S3/c1-22-15(19-20-21-22)30-4-5-3-29-12-7(11(26)23(12)8(5)13(27)28)18-10(25)9(24)6-2-17-14(16)31-6/h2,7,12H,3-4H2,1H3,(H2,16,17)(H,18,25)(H,27,28)/t7?,12-/m0/s1. The Bertz CT molecular complexity index is 1130. The van der Waals surface area contributed by atoms with Gasteiger partial charge >= 0.3 is 5.97 Å². The Kier molecular flexibility index (Phi) is 5.67. The number of fused-ring (bicyclic) bond motifs is 1. The number of ketones is 1. The van der Waals surface area contributed by atoms with Gasteiger partial charge in [0.15, 0.2) is 5.13 Å². The van der Waals surface area contributed by atoms with E-state index in [1.54, 1.807) is 7.05 Å². The number of aryl methyl sites for hydroxylation is 1. The van der Waals surface area contributed by atoms with E-state index in [0.717, 1.165) is 16.2 Å². The summed E-state index contributed by atoms with van der Waals surface area (Å²) in [5.41, 5.74) is 5.89. The highest BCUT2D eigenvalue weighted by Gasteiger charge is 2.54. The summed E-state index contributed by atoms with van der Waals surface area (Å²) in [4.78, 5) is 53.9. The highest BCUT2D eigenvalue weighted by atomic mass is 32.2. The molecule has 0 radical (unpaired) electrons. The molecule has 0 aromatic carbocycles. The van der Waals surface area contributed by atoms with Gasteiger partial charge in [0.05, 0.1) is 6.20 Å². The van der Waals surface area contributed by atoms with Crippen molar-refractivity contribution in [3.05, 3.63) is 22.3 Å². The Hall–Kier alpha value is -2.98. The number of nitrogens with two attached hydrogens (primary N) is 1. The summed E-state index contributed by atoms with van der Waals surface area (Å²) in [7, 11) is 1.66. The molecule has 13 nitrogen and oxygen atoms in total. The van der Waals surface area contributed by atoms with Gasteiger partial charge in [-0.25, -0.2) is 14.5 Å². The predicted molar refractivity (Wildman–Crippen MR) is 110 cm³/mol. The number of tetrazole rings is 1. The van der Waals surface area contributed by atoms with Crippen molar-refractivity contribution < 1.29 is 24.3 Å². The second-order valence-corrected chi connectivity index (χ2v) is 9.49. The number of nitrogens with one attached hydrogen (secondary N) is 1. The molecular weight excluding hydrogens is 468 g/mol. The maximum absolute atomic E-state index is 12.7. The molecule has 2 aromatic rings. The summed E-state index contributed by atoms with van der Waals surface area (Å²) in [5, 5.41) is 23.2. The van der Waals surface area contributed by atoms with Crippen LogP contribution in [0.15, 0.2) is 22.6 Å². The first-order valence-corrected chi connectivity index (χ1v) is 11.4. The molecule has 31 heavy (non-hydrogen) atoms. The molecule has 4 rings (SSSR count). The van der Waals surface area contributed by atoms with Crippen LogP contribution in [-0.2, 0) is 21.4 Å². The molecule has 0 saturated carbocycles. The number of amides is 2. The second kappa shape index (κ2) is 8.27. The average Bonchev–Trinajstić information content (AvgIpc) is 3.36. The fourth-order valence-corrected chi connectivity index (χ4v) is 5.96. The molecule has 162 valence electrons. The first kappa shape index (κ1) is 21.3. The lowest BCUT2D eigenvalue weighted by molar-refractivity contribution is -0.150. The maximum atomic E-state index is 12.7. The Labute approximate surface area is 186 Å². The van der Waals surface area contributed by atoms with Crippen molar-refractivity contribution in [3.8, 4) is 0 Å². The third-order valence-electron chi connectivity index (χ3n) is 4.45. The number of carboxylic acid groups (broad SMARTS) is 1. The lowest BCUT2D eigenvalue weighted by Gasteiger charge is -2.49. The Morgan fingerprint density at radius 2 is 2.19 bits per heavy atom. The summed E-state index contributed by atoms with van der Waals surface area (Å²) in [5.74, 6) is -3.06. The molecule has 16 heteroatoms. The highest BCUT2D eigenvalue weighted by Crippen LogP contribution is 2.41. The number of thiazole rings is 1. The van der Waals surface area contributed by atoms with Crippen LogP contribution in [0.5, 0.6) is 0 Å². The van der Waals surface area contributed by atoms with E-state index in [1.807, 2.05) is 0 Å². The van der Waals surface area contributed by atoms with Gasteiger partial charge < -0.3 is 16.2 Å². The summed E-state index contributed by atoms with van der Waals surface area (Å²) in [6.45, 7) is 0. The van der Waals surface area contributed by atoms with Crippen molar-refractivity contribution in [1.29, 1.82) is 0 Å². The largest absolute Gasteiger partial charge is 0.477 e. The van der Waals surface area contributed by atoms with Crippen molar-refractivity contribution in [3.63, 3.8) is 0 Å². The van der Waals surface area contributed by atoms with E-state index >= 15 is 0 Å². The van der Waals surface area contributed by atoms with Crippen LogP contribution in [0.25, 0.3) is 0 Å². The molecule has 0 aliphatic carbocycles. The number of hydrogen-bond donors (Lipinski definition) is 3. The Morgan fingerprint density at radius 3 is 2.81 bits per heavy atom. The number of nitrogens with zero attached hydrogens (tertiary/aromatic N) is 6. The smallest absolute Gasteiger partial charge is 0.352 e. The van der Waals surface area contributed by atoms with Crippen molar-refractivity contribution >= 4 is 63.6 Å². The SMILES string of the molecule is Cn1nnnc1SCC1=C(C(=O)O)N2C(=O)C(NC(=O)C(=O)c3cnc(N)s3)[C@@H]2SC1. The van der Waals surface area contributed by atoms with Crippen LogP contribution in [0.1, 0.15) is 9.67 Å². The van der Waals surface area contributed by atoms with Gasteiger partial charge in [0.1, 0.15) is 22.0 Å². The summed E-state index contributed by atoms with van der Waals surface area (Å²) < 4.78 is 1.46. The van der Waals surface area contributed by atoms with Crippen LogP contribution < -0.4 is 11.1 Å². The molecule has 0 spiro atoms. The number of carbonyl (C=O) groups is 4. The zero-order valence-electron chi connectivity index (χ0n) is 15.7. The molecule has 2 amide bonds. The van der Waals surface area contributed by atoms with Crippen molar-refractivity contribution in [2.75, 3.05) is 17.2 Å². The van der Waals surface area contributed by atoms with E-state index in [4.69, 9.17) is 5.73 Å². The van der Waals surface area contributed by atoms with E-state index < -0.39 is 35.0 Å². The molecule has 1 unspecified atom stereocenters. The number of β-lactam (4-membered cyclic amide) rings is 1. The van der Waals surface area contributed by atoms with Crippen LogP contribution in [0.4, 0.5) is 5.13 Å². The van der Waals surface area contributed by atoms with Gasteiger partial charge in [0.25, 0.3) is 17.6 Å². The van der Waals surface area contributed by atoms with Crippen LogP contribution >= 0.6 is 34.9 Å². The van der Waals surface area contributed by atoms with Crippen LogP contribution in [0.2, 0.25) is 0 Å². The Balaban J connectivity index is 1.47. The van der Waals surface area contributed by atoms with Crippen molar-refractivity contribution in [2.24, 2.45) is 7.05 Å². The van der Waals surface area contributed by atoms with Crippen molar-refractivity contribution in [2.45, 2.75) is 16.6 Å². The molecule has 2 aliphatic rings. The van der Waals surface area contributed by atoms with E-state index in [1.165, 1.54) is 34.4 Å². The van der Waals surface area contributed by atoms with E-state index in [9.17, 15) is 24.3 Å². The first-order valence-electron chi connectivity index (χ1n) is 8.59. The van der Waals surface area contributed by atoms with Gasteiger partial charge in [-0.05, 0) is 16.0 Å². The maximum Gasteiger partial charge on any atom is 0.352 e. The summed E-state index contributed by atoms with van der Waals surface area (Å²) >= 11 is 3.42. The van der Waals surface area contributed by atoms with Crippen LogP contribution in [0, 0.1) is 0 Å². The lowest BCUT2D eigenvalue weighted by Crippen LogP contribution is -2.71. The lowest BCUT2D eigenvalue weighted by atomic mass is 10.0. The molecule has 1 saturated heterocycles. The molecule has 2 atom stereocenters. The number of carboxylic acids is 1. The molecular formula is C15H14N8O5S3. The van der Waals surface area contributed by atoms with Crippen LogP contribution in [-0.4, -0.2) is 81.7 Å². The third-order valence-corrected chi connectivity index (χ3v) is 7.71. The minimum Gasteiger partial charge on any atom is -0.477 e. The number of rotatable bonds is 7. The van der Waals surface area contributed by atoms with Gasteiger partial charge in [-0.15, -0.1) is 16.9 Å². The van der Waals surface area contributed by atoms with E-state index in [2.05, 4.69) is 25.8 Å². The number of Topliss-reactive ketones (excluding diaryl/α,β-unsaturated/α-hetero) is 1. The highest BCUT2D eigenvalue weighted by molar-refractivity contribution is 8.01. The molecule has 4 N–H and O–H groups in total. The normalized spacial score (nSPS) is 20.3. The summed E-state index contributed by atoms with van der Waals surface area (Å²) in [6, 6.07) is -1.00. The Morgan fingerprint density at radius 1 is 1.42 bits per heavy atom. The minimum atomic E-state index is -1.24. The van der Waals surface area contributed by atoms with E-state index in [-0.39, 0.29) is 21.5 Å². The fraction of sp³-hybridized carbons (Fsp3) is 0.333. The molecule has 1 fully saturated rings. The number of aromatic nitrogens is 5. The van der Waals surface area contributed by atoms with Crippen LogP contribution in [0.3, 0.4) is 0 Å². The first-order chi connectivity index (χ1) is 14.8. The number of nitrogen functional groups attached to an aromatic ring is 1. The number of thioether (sulfide) groups is 2. The third kappa shape index (κ3) is 3.88. The average molecular weight is 483 g/mol. The van der Waals surface area contributed by atoms with E-state index in [0.29, 0.717) is 16.5 Å². The topological polar surface area (TPSA) is 186 Å². The molecule has 2 aliphatic heterocycles. The molecule has 4 heterocycles. The van der Waals surface area contributed by atoms with Gasteiger partial charge in [0.2, 0.25) is 5.16 Å². The zero-order chi connectivity index (χ0) is 22.3.